The molecule has 2 aromatic rings. The summed E-state index contributed by atoms with van der Waals surface area (Å²) in [6, 6.07) is 6.40. The minimum atomic E-state index is -3.49. The Morgan fingerprint density at radius 3 is 2.44 bits per heavy atom. The van der Waals surface area contributed by atoms with Crippen LogP contribution in [0.2, 0.25) is 0 Å². The van der Waals surface area contributed by atoms with E-state index in [9.17, 15) is 13.2 Å². The van der Waals surface area contributed by atoms with E-state index < -0.39 is 10.0 Å². The van der Waals surface area contributed by atoms with Crippen molar-refractivity contribution in [2.45, 2.75) is 35.8 Å². The summed E-state index contributed by atoms with van der Waals surface area (Å²) in [6.07, 6.45) is 3.92. The molecule has 1 aromatic heterocycles. The molecule has 0 atom stereocenters. The quantitative estimate of drug-likeness (QED) is 0.528. The van der Waals surface area contributed by atoms with Gasteiger partial charge in [-0.1, -0.05) is 24.6 Å². The van der Waals surface area contributed by atoms with Crippen LogP contribution in [-0.4, -0.2) is 54.8 Å². The average molecular weight is 412 g/mol. The lowest BCUT2D eigenvalue weighted by Crippen LogP contribution is -2.31. The maximum Gasteiger partial charge on any atom is 0.316 e. The number of aromatic nitrogens is 2. The number of thioether (sulfide) groups is 1. The van der Waals surface area contributed by atoms with Crippen LogP contribution in [0.15, 0.2) is 38.8 Å². The van der Waals surface area contributed by atoms with Gasteiger partial charge in [-0.2, -0.15) is 4.31 Å². The maximum absolute atomic E-state index is 12.8. The normalized spacial score (nSPS) is 16.0. The molecule has 146 valence electrons. The van der Waals surface area contributed by atoms with Crippen LogP contribution < -0.4 is 0 Å². The highest BCUT2D eigenvalue weighted by atomic mass is 32.2. The predicted molar refractivity (Wildman–Crippen MR) is 99.7 cm³/mol. The summed E-state index contributed by atoms with van der Waals surface area (Å²) in [4.78, 5) is 11.4. The number of nitrogens with zero attached hydrogens (tertiary/aromatic N) is 3. The van der Waals surface area contributed by atoms with Crippen LogP contribution in [0.1, 0.15) is 25.7 Å². The number of rotatable bonds is 6. The zero-order valence-corrected chi connectivity index (χ0v) is 16.6. The van der Waals surface area contributed by atoms with Crippen molar-refractivity contribution in [2.24, 2.45) is 0 Å². The van der Waals surface area contributed by atoms with E-state index in [-0.39, 0.29) is 27.7 Å². The Balaban J connectivity index is 1.71. The van der Waals surface area contributed by atoms with Crippen molar-refractivity contribution in [3.05, 3.63) is 24.3 Å². The molecular formula is C17H21N3O5S2. The molecule has 1 aliphatic heterocycles. The largest absolute Gasteiger partial charge is 0.468 e. The Labute approximate surface area is 162 Å². The lowest BCUT2D eigenvalue weighted by molar-refractivity contribution is -0.137. The lowest BCUT2D eigenvalue weighted by atomic mass is 10.2. The van der Waals surface area contributed by atoms with Crippen molar-refractivity contribution in [3.8, 4) is 11.5 Å². The molecule has 0 saturated carbocycles. The van der Waals surface area contributed by atoms with Gasteiger partial charge in [-0.25, -0.2) is 8.42 Å². The van der Waals surface area contributed by atoms with Gasteiger partial charge in [-0.05, 0) is 37.1 Å². The summed E-state index contributed by atoms with van der Waals surface area (Å²) >= 11 is 1.08. The molecule has 2 heterocycles. The molecule has 1 fully saturated rings. The predicted octanol–water partition coefficient (Wildman–Crippen LogP) is 2.57. The minimum absolute atomic E-state index is 0.0746. The van der Waals surface area contributed by atoms with E-state index in [1.807, 2.05) is 0 Å². The van der Waals surface area contributed by atoms with Crippen LogP contribution in [-0.2, 0) is 19.6 Å². The van der Waals surface area contributed by atoms with Crippen molar-refractivity contribution in [2.75, 3.05) is 26.0 Å². The van der Waals surface area contributed by atoms with Gasteiger partial charge in [0.2, 0.25) is 15.9 Å². The first-order valence-electron chi connectivity index (χ1n) is 8.64. The Bertz CT molecular complexity index is 872. The highest BCUT2D eigenvalue weighted by Gasteiger charge is 2.25. The fourth-order valence-corrected chi connectivity index (χ4v) is 4.88. The van der Waals surface area contributed by atoms with Gasteiger partial charge in [0, 0.05) is 18.7 Å². The van der Waals surface area contributed by atoms with Gasteiger partial charge in [0.15, 0.2) is 0 Å². The molecule has 0 unspecified atom stereocenters. The van der Waals surface area contributed by atoms with Crippen LogP contribution >= 0.6 is 11.8 Å². The van der Waals surface area contributed by atoms with E-state index in [0.717, 1.165) is 37.4 Å². The van der Waals surface area contributed by atoms with E-state index in [0.29, 0.717) is 18.7 Å². The van der Waals surface area contributed by atoms with Gasteiger partial charge in [-0.15, -0.1) is 10.2 Å². The Morgan fingerprint density at radius 1 is 1.15 bits per heavy atom. The molecule has 3 rings (SSSR count). The van der Waals surface area contributed by atoms with E-state index >= 15 is 0 Å². The first kappa shape index (κ1) is 19.8. The molecule has 1 aromatic carbocycles. The molecule has 0 radical (unpaired) electrons. The number of methoxy groups -OCH3 is 1. The number of sulfonamides is 1. The first-order valence-corrected chi connectivity index (χ1v) is 11.1. The second-order valence-electron chi connectivity index (χ2n) is 6.08. The highest BCUT2D eigenvalue weighted by molar-refractivity contribution is 7.99. The third-order valence-electron chi connectivity index (χ3n) is 4.25. The SMILES string of the molecule is COC(=O)CSc1nnc(-c2ccc(S(=O)(=O)N3CCCCCC3)cc2)o1. The van der Waals surface area contributed by atoms with Crippen LogP contribution in [0.4, 0.5) is 0 Å². The van der Waals surface area contributed by atoms with Gasteiger partial charge < -0.3 is 9.15 Å². The van der Waals surface area contributed by atoms with Crippen molar-refractivity contribution in [1.29, 1.82) is 0 Å². The molecule has 0 bridgehead atoms. The molecule has 1 aliphatic rings. The van der Waals surface area contributed by atoms with Crippen molar-refractivity contribution < 1.29 is 22.4 Å². The summed E-state index contributed by atoms with van der Waals surface area (Å²) < 4.78 is 37.2. The molecule has 10 heteroatoms. The average Bonchev–Trinajstić information content (AvgIpc) is 2.98. The van der Waals surface area contributed by atoms with Gasteiger partial charge >= 0.3 is 5.97 Å². The van der Waals surface area contributed by atoms with Gasteiger partial charge in [0.1, 0.15) is 5.75 Å². The standard InChI is InChI=1S/C17H21N3O5S2/c1-24-15(21)12-26-17-19-18-16(25-17)13-6-8-14(9-7-13)27(22,23)20-10-4-2-3-5-11-20/h6-9H,2-5,10-12H2,1H3. The van der Waals surface area contributed by atoms with Crippen molar-refractivity contribution in [3.63, 3.8) is 0 Å². The molecule has 1 saturated heterocycles. The van der Waals surface area contributed by atoms with Crippen LogP contribution in [0.3, 0.4) is 0 Å². The molecule has 27 heavy (non-hydrogen) atoms. The molecule has 0 spiro atoms. The zero-order chi connectivity index (χ0) is 19.3. The minimum Gasteiger partial charge on any atom is -0.468 e. The molecule has 0 aliphatic carbocycles. The van der Waals surface area contributed by atoms with Crippen molar-refractivity contribution in [1.82, 2.24) is 14.5 Å². The van der Waals surface area contributed by atoms with Gasteiger partial charge in [0.25, 0.3) is 5.22 Å². The number of carbonyl (C=O) groups is 1. The van der Waals surface area contributed by atoms with E-state index in [4.69, 9.17) is 4.42 Å². The second-order valence-corrected chi connectivity index (χ2v) is 8.95. The number of hydrogen-bond acceptors (Lipinski definition) is 8. The maximum atomic E-state index is 12.8. The van der Waals surface area contributed by atoms with E-state index in [1.165, 1.54) is 7.11 Å². The molecule has 0 amide bonds. The molecular weight excluding hydrogens is 390 g/mol. The monoisotopic (exact) mass is 411 g/mol. The Morgan fingerprint density at radius 2 is 1.81 bits per heavy atom. The first-order chi connectivity index (χ1) is 13.0. The number of esters is 1. The van der Waals surface area contributed by atoms with Gasteiger partial charge in [-0.3, -0.25) is 4.79 Å². The smallest absolute Gasteiger partial charge is 0.316 e. The molecule has 0 N–H and O–H groups in total. The summed E-state index contributed by atoms with van der Waals surface area (Å²) in [5.41, 5.74) is 0.613. The topological polar surface area (TPSA) is 103 Å². The number of ether oxygens (including phenoxy) is 1. The fourth-order valence-electron chi connectivity index (χ4n) is 2.76. The summed E-state index contributed by atoms with van der Waals surface area (Å²) in [6.45, 7) is 1.13. The highest BCUT2D eigenvalue weighted by Crippen LogP contribution is 2.26. The lowest BCUT2D eigenvalue weighted by Gasteiger charge is -2.19. The van der Waals surface area contributed by atoms with Gasteiger partial charge in [0.05, 0.1) is 12.0 Å². The zero-order valence-electron chi connectivity index (χ0n) is 15.0. The van der Waals surface area contributed by atoms with E-state index in [1.54, 1.807) is 28.6 Å². The van der Waals surface area contributed by atoms with Crippen LogP contribution in [0, 0.1) is 0 Å². The molecule has 8 nitrogen and oxygen atoms in total. The summed E-state index contributed by atoms with van der Waals surface area (Å²) in [5, 5.41) is 8.05. The van der Waals surface area contributed by atoms with Crippen LogP contribution in [0.25, 0.3) is 11.5 Å². The Hall–Kier alpha value is -1.91. The number of hydrogen-bond donors (Lipinski definition) is 0. The Kier molecular flexibility index (Phi) is 6.51. The second kappa shape index (κ2) is 8.85. The third-order valence-corrected chi connectivity index (χ3v) is 6.96. The number of benzene rings is 1. The summed E-state index contributed by atoms with van der Waals surface area (Å²) in [7, 11) is -2.18. The van der Waals surface area contributed by atoms with Crippen LogP contribution in [0.5, 0.6) is 0 Å². The number of carbonyl (C=O) groups excluding carboxylic acids is 1. The fraction of sp³-hybridized carbons (Fsp3) is 0.471. The third kappa shape index (κ3) is 4.88. The van der Waals surface area contributed by atoms with E-state index in [2.05, 4.69) is 14.9 Å². The van der Waals surface area contributed by atoms with Crippen molar-refractivity contribution >= 4 is 27.8 Å². The summed E-state index contributed by atoms with van der Waals surface area (Å²) in [5.74, 6) is -0.0468.